The molecule has 0 saturated carbocycles. The minimum atomic E-state index is 0.131. The van der Waals surface area contributed by atoms with Gasteiger partial charge in [-0.2, -0.15) is 11.8 Å². The largest absolute Gasteiger partial charge is 0.496 e. The first kappa shape index (κ1) is 12.5. The van der Waals surface area contributed by atoms with Gasteiger partial charge in [0, 0.05) is 0 Å². The summed E-state index contributed by atoms with van der Waals surface area (Å²) in [5.74, 6) is 2.08. The quantitative estimate of drug-likeness (QED) is 0.769. The van der Waals surface area contributed by atoms with E-state index in [4.69, 9.17) is 4.74 Å². The smallest absolute Gasteiger partial charge is 0.179 e. The summed E-state index contributed by atoms with van der Waals surface area (Å²) < 4.78 is 5.41. The molecule has 0 aromatic heterocycles. The second kappa shape index (κ2) is 5.13. The number of benzene rings is 1. The molecule has 2 rings (SSSR count). The molecule has 0 spiro atoms. The van der Waals surface area contributed by atoms with Crippen LogP contribution in [0.25, 0.3) is 0 Å². The van der Waals surface area contributed by atoms with E-state index in [0.29, 0.717) is 0 Å². The molecule has 1 heterocycles. The van der Waals surface area contributed by atoms with E-state index >= 15 is 0 Å². The summed E-state index contributed by atoms with van der Waals surface area (Å²) in [5, 5.41) is 0.131. The molecule has 2 nitrogen and oxygen atoms in total. The predicted molar refractivity (Wildman–Crippen MR) is 72.3 cm³/mol. The summed E-state index contributed by atoms with van der Waals surface area (Å²) in [5.41, 5.74) is 2.98. The van der Waals surface area contributed by atoms with Crippen LogP contribution in [-0.2, 0) is 0 Å². The normalized spacial score (nSPS) is 19.4. The molecule has 0 bridgehead atoms. The van der Waals surface area contributed by atoms with Crippen LogP contribution in [0.4, 0.5) is 0 Å². The van der Waals surface area contributed by atoms with Gasteiger partial charge in [-0.05, 0) is 49.6 Å². The van der Waals surface area contributed by atoms with Crippen LogP contribution >= 0.6 is 11.8 Å². The van der Waals surface area contributed by atoms with Crippen LogP contribution in [0.2, 0.25) is 0 Å². The number of thioether (sulfide) groups is 1. The maximum absolute atomic E-state index is 12.4. The Kier molecular flexibility index (Phi) is 3.77. The second-order valence-electron chi connectivity index (χ2n) is 4.45. The average Bonchev–Trinajstić information content (AvgIpc) is 2.85. The SMILES string of the molecule is COc1c(C(=O)C2CCCS2)ccc(C)c1C. The molecule has 1 aliphatic rings. The van der Waals surface area contributed by atoms with E-state index in [0.717, 1.165) is 41.0 Å². The summed E-state index contributed by atoms with van der Waals surface area (Å²) in [6, 6.07) is 3.91. The van der Waals surface area contributed by atoms with Crippen molar-refractivity contribution in [1.29, 1.82) is 0 Å². The van der Waals surface area contributed by atoms with Crippen LogP contribution in [0.3, 0.4) is 0 Å². The minimum Gasteiger partial charge on any atom is -0.496 e. The molecule has 1 aromatic rings. The lowest BCUT2D eigenvalue weighted by atomic mass is 9.99. The van der Waals surface area contributed by atoms with Gasteiger partial charge in [0.05, 0.1) is 17.9 Å². The summed E-state index contributed by atoms with van der Waals surface area (Å²) in [6.45, 7) is 4.04. The van der Waals surface area contributed by atoms with E-state index in [2.05, 4.69) is 0 Å². The third-order valence-corrected chi connectivity index (χ3v) is 4.74. The lowest BCUT2D eigenvalue weighted by Gasteiger charge is -2.15. The van der Waals surface area contributed by atoms with E-state index in [1.54, 1.807) is 18.9 Å². The van der Waals surface area contributed by atoms with Crippen molar-refractivity contribution in [3.8, 4) is 5.75 Å². The Morgan fingerprint density at radius 2 is 2.18 bits per heavy atom. The Hall–Kier alpha value is -0.960. The van der Waals surface area contributed by atoms with Crippen molar-refractivity contribution in [2.45, 2.75) is 31.9 Å². The monoisotopic (exact) mass is 250 g/mol. The highest BCUT2D eigenvalue weighted by atomic mass is 32.2. The van der Waals surface area contributed by atoms with E-state index in [9.17, 15) is 4.79 Å². The molecule has 1 fully saturated rings. The molecule has 1 aliphatic heterocycles. The number of ketones is 1. The van der Waals surface area contributed by atoms with Crippen LogP contribution in [0.15, 0.2) is 12.1 Å². The zero-order chi connectivity index (χ0) is 12.4. The van der Waals surface area contributed by atoms with E-state index < -0.39 is 0 Å². The van der Waals surface area contributed by atoms with Gasteiger partial charge in [0.15, 0.2) is 5.78 Å². The summed E-state index contributed by atoms with van der Waals surface area (Å²) in [7, 11) is 1.64. The van der Waals surface area contributed by atoms with Crippen LogP contribution in [0, 0.1) is 13.8 Å². The molecule has 17 heavy (non-hydrogen) atoms. The molecular formula is C14H18O2S. The van der Waals surface area contributed by atoms with E-state index in [-0.39, 0.29) is 11.0 Å². The first-order valence-electron chi connectivity index (χ1n) is 5.95. The van der Waals surface area contributed by atoms with E-state index in [1.165, 1.54) is 0 Å². The summed E-state index contributed by atoms with van der Waals surface area (Å²) in [6.07, 6.45) is 2.15. The molecule has 1 atom stereocenters. The van der Waals surface area contributed by atoms with Crippen molar-refractivity contribution in [1.82, 2.24) is 0 Å². The molecule has 92 valence electrons. The zero-order valence-electron chi connectivity index (χ0n) is 10.6. The molecule has 0 aliphatic carbocycles. The molecule has 0 N–H and O–H groups in total. The van der Waals surface area contributed by atoms with Crippen LogP contribution in [-0.4, -0.2) is 23.9 Å². The maximum Gasteiger partial charge on any atom is 0.179 e. The Balaban J connectivity index is 2.37. The van der Waals surface area contributed by atoms with E-state index in [1.807, 2.05) is 26.0 Å². The van der Waals surface area contributed by atoms with Gasteiger partial charge in [-0.1, -0.05) is 6.07 Å². The molecule has 3 heteroatoms. The number of rotatable bonds is 3. The van der Waals surface area contributed by atoms with Gasteiger partial charge in [-0.25, -0.2) is 0 Å². The Morgan fingerprint density at radius 3 is 2.76 bits per heavy atom. The number of carbonyl (C=O) groups excluding carboxylic acids is 1. The van der Waals surface area contributed by atoms with Crippen LogP contribution < -0.4 is 4.74 Å². The van der Waals surface area contributed by atoms with Crippen LogP contribution in [0.5, 0.6) is 5.75 Å². The first-order valence-corrected chi connectivity index (χ1v) is 7.00. The molecule has 0 radical (unpaired) electrons. The lowest BCUT2D eigenvalue weighted by Crippen LogP contribution is -2.15. The van der Waals surface area contributed by atoms with Gasteiger partial charge >= 0.3 is 0 Å². The number of Topliss-reactive ketones (excluding diaryl/α,β-unsaturated/α-hetero) is 1. The van der Waals surface area contributed by atoms with Crippen molar-refractivity contribution < 1.29 is 9.53 Å². The molecule has 0 amide bonds. The number of carbonyl (C=O) groups is 1. The van der Waals surface area contributed by atoms with Crippen molar-refractivity contribution in [3.63, 3.8) is 0 Å². The van der Waals surface area contributed by atoms with Crippen LogP contribution in [0.1, 0.15) is 34.3 Å². The molecule has 1 aromatic carbocycles. The molecular weight excluding hydrogens is 232 g/mol. The number of aryl methyl sites for hydroxylation is 1. The number of hydrogen-bond acceptors (Lipinski definition) is 3. The Labute approximate surface area is 107 Å². The number of hydrogen-bond donors (Lipinski definition) is 0. The second-order valence-corrected chi connectivity index (χ2v) is 5.76. The summed E-state index contributed by atoms with van der Waals surface area (Å²) >= 11 is 1.77. The highest BCUT2D eigenvalue weighted by Gasteiger charge is 2.27. The highest BCUT2D eigenvalue weighted by Crippen LogP contribution is 2.33. The van der Waals surface area contributed by atoms with Gasteiger partial charge in [0.1, 0.15) is 5.75 Å². The molecule has 1 unspecified atom stereocenters. The third-order valence-electron chi connectivity index (χ3n) is 3.37. The van der Waals surface area contributed by atoms with Crippen molar-refractivity contribution >= 4 is 17.5 Å². The fraction of sp³-hybridized carbons (Fsp3) is 0.500. The van der Waals surface area contributed by atoms with Crippen molar-refractivity contribution in [2.24, 2.45) is 0 Å². The van der Waals surface area contributed by atoms with Crippen molar-refractivity contribution in [2.75, 3.05) is 12.9 Å². The number of methoxy groups -OCH3 is 1. The van der Waals surface area contributed by atoms with Gasteiger partial charge in [0.2, 0.25) is 0 Å². The molecule has 1 saturated heterocycles. The van der Waals surface area contributed by atoms with Gasteiger partial charge < -0.3 is 4.74 Å². The third kappa shape index (κ3) is 2.34. The summed E-state index contributed by atoms with van der Waals surface area (Å²) in [4.78, 5) is 12.4. The maximum atomic E-state index is 12.4. The van der Waals surface area contributed by atoms with Gasteiger partial charge in [-0.3, -0.25) is 4.79 Å². The number of ether oxygens (including phenoxy) is 1. The average molecular weight is 250 g/mol. The fourth-order valence-corrected chi connectivity index (χ4v) is 3.43. The minimum absolute atomic E-state index is 0.131. The van der Waals surface area contributed by atoms with Gasteiger partial charge in [0.25, 0.3) is 0 Å². The highest BCUT2D eigenvalue weighted by molar-refractivity contribution is 8.00. The van der Waals surface area contributed by atoms with Crippen molar-refractivity contribution in [3.05, 3.63) is 28.8 Å². The Morgan fingerprint density at radius 1 is 1.41 bits per heavy atom. The lowest BCUT2D eigenvalue weighted by molar-refractivity contribution is 0.0985. The predicted octanol–water partition coefficient (Wildman–Crippen LogP) is 3.39. The standard InChI is InChI=1S/C14H18O2S/c1-9-6-7-11(14(16-3)10(9)2)13(15)12-5-4-8-17-12/h6-7,12H,4-5,8H2,1-3H3. The Bertz CT molecular complexity index is 434. The fourth-order valence-electron chi connectivity index (χ4n) is 2.21. The van der Waals surface area contributed by atoms with Gasteiger partial charge in [-0.15, -0.1) is 0 Å². The first-order chi connectivity index (χ1) is 8.15. The topological polar surface area (TPSA) is 26.3 Å². The zero-order valence-corrected chi connectivity index (χ0v) is 11.4.